The largest absolute Gasteiger partial charge is 0.305 e. The second kappa shape index (κ2) is 7.23. The molecule has 152 valence electrons. The lowest BCUT2D eigenvalue weighted by Crippen LogP contribution is -2.44. The van der Waals surface area contributed by atoms with E-state index in [1.54, 1.807) is 6.07 Å². The Morgan fingerprint density at radius 3 is 2.83 bits per heavy atom. The van der Waals surface area contributed by atoms with E-state index in [2.05, 4.69) is 25.8 Å². The molecule has 6 nitrogen and oxygen atoms in total. The Bertz CT molecular complexity index is 1060. The second-order valence-electron chi connectivity index (χ2n) is 7.50. The van der Waals surface area contributed by atoms with E-state index in [0.29, 0.717) is 29.0 Å². The fraction of sp³-hybridized carbons (Fsp3) is 0.421. The molecule has 1 aliphatic carbocycles. The molecule has 1 saturated heterocycles. The standard InChI is InChI=1S/C19H18ClF3N6/c20-12-7-11(5-10-8-25-28-16(10)12)29-18(9-3-4-24-15(21)6-9)27-14-2-1-13(17(22)23)26-19(14)29/h1-4,6,10-12,16-17,25,28H,5,7-8H2. The molecule has 1 aliphatic heterocycles. The first-order valence-corrected chi connectivity index (χ1v) is 9.86. The molecular formula is C19H18ClF3N6. The lowest BCUT2D eigenvalue weighted by atomic mass is 9.82. The minimum absolute atomic E-state index is 0.0999. The predicted octanol–water partition coefficient (Wildman–Crippen LogP) is 3.60. The van der Waals surface area contributed by atoms with Crippen molar-refractivity contribution in [2.45, 2.75) is 36.7 Å². The normalized spacial score (nSPS) is 26.9. The Labute approximate surface area is 169 Å². The van der Waals surface area contributed by atoms with Crippen LogP contribution in [0.5, 0.6) is 0 Å². The first-order valence-electron chi connectivity index (χ1n) is 9.42. The van der Waals surface area contributed by atoms with Crippen LogP contribution in [0, 0.1) is 11.9 Å². The number of aromatic nitrogens is 4. The molecule has 0 spiro atoms. The van der Waals surface area contributed by atoms with Crippen LogP contribution in [0.25, 0.3) is 22.6 Å². The predicted molar refractivity (Wildman–Crippen MR) is 102 cm³/mol. The number of alkyl halides is 3. The van der Waals surface area contributed by atoms with Crippen LogP contribution in [-0.4, -0.2) is 37.5 Å². The lowest BCUT2D eigenvalue weighted by molar-refractivity contribution is 0.146. The van der Waals surface area contributed by atoms with E-state index >= 15 is 0 Å². The summed E-state index contributed by atoms with van der Waals surface area (Å²) in [5.41, 5.74) is 7.40. The Balaban J connectivity index is 1.68. The van der Waals surface area contributed by atoms with E-state index in [1.165, 1.54) is 24.4 Å². The number of imidazole rings is 1. The Morgan fingerprint density at radius 1 is 1.17 bits per heavy atom. The summed E-state index contributed by atoms with van der Waals surface area (Å²) >= 11 is 6.64. The van der Waals surface area contributed by atoms with E-state index in [-0.39, 0.29) is 29.1 Å². The van der Waals surface area contributed by atoms with Gasteiger partial charge in [0.2, 0.25) is 5.95 Å². The molecule has 5 rings (SSSR count). The maximum Gasteiger partial charge on any atom is 0.280 e. The van der Waals surface area contributed by atoms with E-state index in [9.17, 15) is 13.2 Å². The monoisotopic (exact) mass is 422 g/mol. The van der Waals surface area contributed by atoms with Gasteiger partial charge in [0.05, 0.1) is 5.38 Å². The van der Waals surface area contributed by atoms with Gasteiger partial charge in [0.1, 0.15) is 17.0 Å². The van der Waals surface area contributed by atoms with Gasteiger partial charge >= 0.3 is 0 Å². The number of hydrogen-bond donors (Lipinski definition) is 2. The van der Waals surface area contributed by atoms with Gasteiger partial charge < -0.3 is 4.57 Å². The van der Waals surface area contributed by atoms with Gasteiger partial charge in [-0.2, -0.15) is 4.39 Å². The highest BCUT2D eigenvalue weighted by atomic mass is 35.5. The van der Waals surface area contributed by atoms with Crippen LogP contribution in [0.2, 0.25) is 0 Å². The van der Waals surface area contributed by atoms with Crippen molar-refractivity contribution < 1.29 is 13.2 Å². The number of pyridine rings is 2. The summed E-state index contributed by atoms with van der Waals surface area (Å²) in [5.74, 6) is 0.130. The summed E-state index contributed by atoms with van der Waals surface area (Å²) in [6, 6.07) is 5.79. The van der Waals surface area contributed by atoms with Crippen molar-refractivity contribution in [1.29, 1.82) is 0 Å². The van der Waals surface area contributed by atoms with Gasteiger partial charge in [-0.1, -0.05) is 0 Å². The zero-order chi connectivity index (χ0) is 20.1. The van der Waals surface area contributed by atoms with E-state index in [1.807, 2.05) is 4.57 Å². The van der Waals surface area contributed by atoms with Crippen molar-refractivity contribution in [1.82, 2.24) is 30.4 Å². The van der Waals surface area contributed by atoms with Gasteiger partial charge in [-0.3, -0.25) is 10.9 Å². The van der Waals surface area contributed by atoms with Gasteiger partial charge in [-0.25, -0.2) is 23.7 Å². The molecule has 2 aliphatic rings. The number of nitrogens with one attached hydrogen (secondary N) is 2. The highest BCUT2D eigenvalue weighted by Crippen LogP contribution is 2.40. The molecular weight excluding hydrogens is 405 g/mol. The van der Waals surface area contributed by atoms with Crippen LogP contribution in [-0.2, 0) is 0 Å². The molecule has 0 amide bonds. The van der Waals surface area contributed by atoms with E-state index in [4.69, 9.17) is 11.6 Å². The zero-order valence-electron chi connectivity index (χ0n) is 15.2. The number of hydrogen-bond acceptors (Lipinski definition) is 5. The highest BCUT2D eigenvalue weighted by molar-refractivity contribution is 6.21. The van der Waals surface area contributed by atoms with Crippen LogP contribution in [0.3, 0.4) is 0 Å². The topological polar surface area (TPSA) is 67.7 Å². The molecule has 4 atom stereocenters. The molecule has 0 radical (unpaired) electrons. The summed E-state index contributed by atoms with van der Waals surface area (Å²) in [6.07, 6.45) is 0.0625. The maximum atomic E-state index is 13.8. The summed E-state index contributed by atoms with van der Waals surface area (Å²) in [4.78, 5) is 12.4. The van der Waals surface area contributed by atoms with Gasteiger partial charge in [-0.15, -0.1) is 11.6 Å². The third kappa shape index (κ3) is 3.27. The third-order valence-electron chi connectivity index (χ3n) is 5.73. The lowest BCUT2D eigenvalue weighted by Gasteiger charge is -2.36. The van der Waals surface area contributed by atoms with E-state index in [0.717, 1.165) is 13.0 Å². The van der Waals surface area contributed by atoms with Gasteiger partial charge in [0.25, 0.3) is 6.43 Å². The van der Waals surface area contributed by atoms with Crippen LogP contribution in [0.4, 0.5) is 13.2 Å². The summed E-state index contributed by atoms with van der Waals surface area (Å²) in [6.45, 7) is 0.770. The molecule has 10 heteroatoms. The van der Waals surface area contributed by atoms with Crippen molar-refractivity contribution in [3.8, 4) is 11.4 Å². The Hall–Kier alpha value is -2.23. The highest BCUT2D eigenvalue weighted by Gasteiger charge is 2.41. The Morgan fingerprint density at radius 2 is 2.03 bits per heavy atom. The van der Waals surface area contributed by atoms with Crippen molar-refractivity contribution in [3.63, 3.8) is 0 Å². The average Bonchev–Trinajstić information content (AvgIpc) is 3.32. The first-order chi connectivity index (χ1) is 14.0. The molecule has 2 N–H and O–H groups in total. The summed E-state index contributed by atoms with van der Waals surface area (Å²) in [5, 5.41) is -0.147. The molecule has 0 aromatic carbocycles. The molecule has 4 heterocycles. The van der Waals surface area contributed by atoms with Crippen LogP contribution < -0.4 is 10.9 Å². The number of hydrazine groups is 1. The minimum Gasteiger partial charge on any atom is -0.305 e. The Kier molecular flexibility index (Phi) is 4.68. The molecule has 2 fully saturated rings. The summed E-state index contributed by atoms with van der Waals surface area (Å²) in [7, 11) is 0. The fourth-order valence-electron chi connectivity index (χ4n) is 4.43. The minimum atomic E-state index is -2.69. The number of rotatable bonds is 3. The molecule has 29 heavy (non-hydrogen) atoms. The first kappa shape index (κ1) is 18.8. The number of nitrogens with zero attached hydrogens (tertiary/aromatic N) is 4. The fourth-order valence-corrected chi connectivity index (χ4v) is 4.91. The third-order valence-corrected chi connectivity index (χ3v) is 6.18. The SMILES string of the molecule is Fc1cc(-c2nc3ccc(C(F)F)nc3n2C2CC(Cl)C3NNCC3C2)ccn1. The number of halogens is 4. The van der Waals surface area contributed by atoms with Gasteiger partial charge in [0, 0.05) is 36.5 Å². The van der Waals surface area contributed by atoms with Crippen LogP contribution in [0.1, 0.15) is 31.0 Å². The van der Waals surface area contributed by atoms with Crippen molar-refractivity contribution >= 4 is 22.8 Å². The molecule has 4 unspecified atom stereocenters. The second-order valence-corrected chi connectivity index (χ2v) is 8.07. The van der Waals surface area contributed by atoms with Gasteiger partial charge in [-0.05, 0) is 37.0 Å². The quantitative estimate of drug-likeness (QED) is 0.498. The van der Waals surface area contributed by atoms with Crippen LogP contribution >= 0.6 is 11.6 Å². The zero-order valence-corrected chi connectivity index (χ0v) is 16.0. The smallest absolute Gasteiger partial charge is 0.280 e. The van der Waals surface area contributed by atoms with Gasteiger partial charge in [0.15, 0.2) is 5.65 Å². The van der Waals surface area contributed by atoms with E-state index < -0.39 is 12.4 Å². The number of fused-ring (bicyclic) bond motifs is 2. The summed E-state index contributed by atoms with van der Waals surface area (Å²) < 4.78 is 42.2. The molecule has 0 bridgehead atoms. The van der Waals surface area contributed by atoms with Crippen molar-refractivity contribution in [2.75, 3.05) is 6.54 Å². The van der Waals surface area contributed by atoms with Crippen molar-refractivity contribution in [3.05, 3.63) is 42.1 Å². The molecule has 3 aromatic rings. The molecule has 1 saturated carbocycles. The van der Waals surface area contributed by atoms with Crippen molar-refractivity contribution in [2.24, 2.45) is 5.92 Å². The van der Waals surface area contributed by atoms with Crippen LogP contribution in [0.15, 0.2) is 30.5 Å². The maximum absolute atomic E-state index is 13.8. The average molecular weight is 423 g/mol. The molecule has 3 aromatic heterocycles.